The zero-order valence-electron chi connectivity index (χ0n) is 30.2. The van der Waals surface area contributed by atoms with Gasteiger partial charge in [-0.15, -0.1) is 0 Å². The number of urea groups is 2. The average Bonchev–Trinajstić information content (AvgIpc) is 3.29. The Morgan fingerprint density at radius 2 is 0.731 bits per heavy atom. The molecule has 4 bridgehead atoms. The Bertz CT molecular complexity index is 1850. The molecule has 7 aliphatic rings. The van der Waals surface area contributed by atoms with Crippen molar-refractivity contribution in [3.63, 3.8) is 0 Å². The van der Waals surface area contributed by atoms with Crippen LogP contribution < -0.4 is 9.47 Å². The molecule has 4 aromatic rings. The first-order valence-corrected chi connectivity index (χ1v) is 18.2. The van der Waals surface area contributed by atoms with E-state index in [-0.39, 0.29) is 12.1 Å². The summed E-state index contributed by atoms with van der Waals surface area (Å²) in [6.45, 7) is 12.4. The summed E-state index contributed by atoms with van der Waals surface area (Å²) in [5, 5.41) is 0. The minimum absolute atomic E-state index is 0.118. The van der Waals surface area contributed by atoms with Crippen LogP contribution >= 0.6 is 0 Å². The van der Waals surface area contributed by atoms with E-state index in [0.717, 1.165) is 55.6 Å². The number of benzene rings is 4. The van der Waals surface area contributed by atoms with Gasteiger partial charge in [-0.2, -0.15) is 0 Å². The molecule has 0 unspecified atom stereocenters. The lowest BCUT2D eigenvalue weighted by molar-refractivity contribution is -0.0793. The number of carbonyl (C=O) groups excluding carboxylic acids is 2. The Morgan fingerprint density at radius 3 is 1.04 bits per heavy atom. The third kappa shape index (κ3) is 4.63. The van der Waals surface area contributed by atoms with Gasteiger partial charge in [-0.25, -0.2) is 9.59 Å². The topological polar surface area (TPSA) is 84.0 Å². The van der Waals surface area contributed by atoms with Gasteiger partial charge in [-0.1, -0.05) is 48.5 Å². The number of fused-ring (bicyclic) bond motifs is 4. The zero-order valence-corrected chi connectivity index (χ0v) is 30.2. The van der Waals surface area contributed by atoms with E-state index < -0.39 is 11.3 Å². The van der Waals surface area contributed by atoms with Gasteiger partial charge in [0.05, 0.1) is 52.6 Å². The molecule has 0 aromatic heterocycles. The normalized spacial score (nSPS) is 24.0. The van der Waals surface area contributed by atoms with Crippen molar-refractivity contribution in [1.29, 1.82) is 0 Å². The summed E-state index contributed by atoms with van der Waals surface area (Å²) < 4.78 is 23.7. The van der Waals surface area contributed by atoms with E-state index in [1.54, 1.807) is 0 Å². The van der Waals surface area contributed by atoms with Crippen LogP contribution in [0, 0.1) is 27.7 Å². The van der Waals surface area contributed by atoms with Gasteiger partial charge in [0, 0.05) is 11.1 Å². The largest absolute Gasteiger partial charge is 0.491 e. The fraction of sp³-hybridized carbons (Fsp3) is 0.381. The smallest absolute Gasteiger partial charge is 0.325 e. The van der Waals surface area contributed by atoms with Gasteiger partial charge < -0.3 is 18.9 Å². The Labute approximate surface area is 304 Å². The molecule has 2 spiro atoms. The fourth-order valence-electron chi connectivity index (χ4n) is 9.11. The summed E-state index contributed by atoms with van der Waals surface area (Å²) in [4.78, 5) is 38.9. The molecular formula is C42H44N4O6. The predicted octanol–water partition coefficient (Wildman–Crippen LogP) is 6.63. The van der Waals surface area contributed by atoms with Crippen LogP contribution in [-0.4, -0.2) is 71.3 Å². The van der Waals surface area contributed by atoms with Gasteiger partial charge in [0.2, 0.25) is 0 Å². The highest BCUT2D eigenvalue weighted by atomic mass is 16.6. The maximum absolute atomic E-state index is 15.5. The van der Waals surface area contributed by atoms with Gasteiger partial charge in [0.25, 0.3) is 0 Å². The SMILES string of the molecule is Cc1cc2c(cc1C)CN1C(=O)N3Cc4cc(C)c(C)cc4CN4C(=O)N(C2)C12c1ccc(cc1)OCCOCCOCCOc1ccc(cc1)C432. The van der Waals surface area contributed by atoms with E-state index in [4.69, 9.17) is 18.9 Å². The summed E-state index contributed by atoms with van der Waals surface area (Å²) in [5.41, 5.74) is 8.04. The van der Waals surface area contributed by atoms with Gasteiger partial charge in [-0.3, -0.25) is 19.6 Å². The Hall–Kier alpha value is -5.06. The standard InChI is InChI=1S/C42H44N4O6/c1-27-19-31-23-43-39(47)45-25-33-21-29(3)30(4)22-34(33)26-46-40(48)44(24-32(31)20-28(27)2)41(43)35-5-9-37(10-6-35)51-17-15-49-13-14-50-16-18-52-38-11-7-36(8-12-38)42(41,45)46/h5-12,19-22H,13-18,23-26H2,1-4H3. The molecule has 0 aliphatic carbocycles. The first-order chi connectivity index (χ1) is 25.2. The van der Waals surface area contributed by atoms with Crippen molar-refractivity contribution in [3.05, 3.63) is 128 Å². The molecular weight excluding hydrogens is 656 g/mol. The molecule has 2 saturated heterocycles. The van der Waals surface area contributed by atoms with Crippen LogP contribution in [0.4, 0.5) is 9.59 Å². The van der Waals surface area contributed by atoms with Gasteiger partial charge in [-0.05, 0) is 96.5 Å². The molecule has 0 radical (unpaired) electrons. The van der Waals surface area contributed by atoms with Crippen LogP contribution in [-0.2, 0) is 47.0 Å². The number of hydrogen-bond donors (Lipinski definition) is 0. The second kappa shape index (κ2) is 12.3. The van der Waals surface area contributed by atoms with Gasteiger partial charge in [0.15, 0.2) is 11.3 Å². The van der Waals surface area contributed by atoms with E-state index in [0.29, 0.717) is 77.3 Å². The highest BCUT2D eigenvalue weighted by Crippen LogP contribution is 2.65. The van der Waals surface area contributed by atoms with Crippen LogP contribution in [0.1, 0.15) is 55.6 Å². The predicted molar refractivity (Wildman–Crippen MR) is 194 cm³/mol. The summed E-state index contributed by atoms with van der Waals surface area (Å²) in [5.74, 6) is 1.38. The quantitative estimate of drug-likeness (QED) is 0.205. The van der Waals surface area contributed by atoms with E-state index in [1.807, 2.05) is 68.1 Å². The number of hydrogen-bond acceptors (Lipinski definition) is 6. The third-order valence-corrected chi connectivity index (χ3v) is 11.8. The Kier molecular flexibility index (Phi) is 7.75. The lowest BCUT2D eigenvalue weighted by atomic mass is 9.79. The van der Waals surface area contributed by atoms with Gasteiger partial charge in [0.1, 0.15) is 24.7 Å². The first kappa shape index (κ1) is 32.8. The van der Waals surface area contributed by atoms with Crippen molar-refractivity contribution in [2.75, 3.05) is 39.6 Å². The van der Waals surface area contributed by atoms with E-state index in [1.165, 1.54) is 0 Å². The van der Waals surface area contributed by atoms with Crippen molar-refractivity contribution in [3.8, 4) is 11.5 Å². The van der Waals surface area contributed by atoms with Gasteiger partial charge >= 0.3 is 12.1 Å². The van der Waals surface area contributed by atoms with Crippen LogP contribution in [0.2, 0.25) is 0 Å². The minimum Gasteiger partial charge on any atom is -0.491 e. The molecule has 7 aliphatic heterocycles. The summed E-state index contributed by atoms with van der Waals surface area (Å²) in [7, 11) is 0. The van der Waals surface area contributed by atoms with Crippen molar-refractivity contribution < 1.29 is 28.5 Å². The molecule has 4 aromatic carbocycles. The van der Waals surface area contributed by atoms with E-state index in [9.17, 15) is 0 Å². The fourth-order valence-corrected chi connectivity index (χ4v) is 9.11. The molecule has 11 rings (SSSR count). The molecule has 0 N–H and O–H groups in total. The number of rotatable bonds is 0. The van der Waals surface area contributed by atoms with Crippen LogP contribution in [0.25, 0.3) is 0 Å². The minimum atomic E-state index is -1.24. The third-order valence-electron chi connectivity index (χ3n) is 11.8. The molecule has 268 valence electrons. The number of aryl methyl sites for hydroxylation is 4. The van der Waals surface area contributed by atoms with Crippen molar-refractivity contribution in [2.24, 2.45) is 0 Å². The summed E-state index contributed by atoms with van der Waals surface area (Å²) in [6.07, 6.45) is 0. The van der Waals surface area contributed by atoms with E-state index >= 15 is 9.59 Å². The lowest BCUT2D eigenvalue weighted by Gasteiger charge is -2.49. The van der Waals surface area contributed by atoms with E-state index in [2.05, 4.69) is 52.0 Å². The molecule has 10 nitrogen and oxygen atoms in total. The zero-order chi connectivity index (χ0) is 35.8. The Morgan fingerprint density at radius 1 is 0.442 bits per heavy atom. The van der Waals surface area contributed by atoms with Crippen LogP contribution in [0.15, 0.2) is 72.8 Å². The molecule has 0 saturated carbocycles. The van der Waals surface area contributed by atoms with Crippen LogP contribution in [0.5, 0.6) is 11.5 Å². The molecule has 10 heteroatoms. The maximum atomic E-state index is 15.5. The highest BCUT2D eigenvalue weighted by Gasteiger charge is 2.80. The average molecular weight is 701 g/mol. The van der Waals surface area contributed by atoms with Crippen molar-refractivity contribution in [2.45, 2.75) is 65.2 Å². The monoisotopic (exact) mass is 700 g/mol. The Balaban J connectivity index is 1.32. The number of amides is 4. The molecule has 2 fully saturated rings. The number of nitrogens with zero attached hydrogens (tertiary/aromatic N) is 4. The van der Waals surface area contributed by atoms with Crippen LogP contribution in [0.3, 0.4) is 0 Å². The van der Waals surface area contributed by atoms with Crippen molar-refractivity contribution in [1.82, 2.24) is 19.6 Å². The summed E-state index contributed by atoms with van der Waals surface area (Å²) >= 11 is 0. The maximum Gasteiger partial charge on any atom is 0.325 e. The summed E-state index contributed by atoms with van der Waals surface area (Å²) in [6, 6.07) is 24.5. The molecule has 0 atom stereocenters. The molecule has 4 amide bonds. The first-order valence-electron chi connectivity index (χ1n) is 18.2. The second-order valence-corrected chi connectivity index (χ2v) is 14.6. The number of carbonyl (C=O) groups is 2. The molecule has 7 heterocycles. The number of ether oxygens (including phenoxy) is 4. The second-order valence-electron chi connectivity index (χ2n) is 14.6. The molecule has 52 heavy (non-hydrogen) atoms. The van der Waals surface area contributed by atoms with Crippen molar-refractivity contribution >= 4 is 12.1 Å². The lowest BCUT2D eigenvalue weighted by Crippen LogP contribution is -2.62. The highest BCUT2D eigenvalue weighted by molar-refractivity contribution is 5.90.